The van der Waals surface area contributed by atoms with Gasteiger partial charge in [-0.3, -0.25) is 9.48 Å². The molecule has 0 amide bonds. The van der Waals surface area contributed by atoms with E-state index in [1.54, 1.807) is 6.20 Å². The molecule has 1 aromatic carbocycles. The van der Waals surface area contributed by atoms with E-state index < -0.39 is 11.5 Å². The summed E-state index contributed by atoms with van der Waals surface area (Å²) >= 11 is 0. The van der Waals surface area contributed by atoms with E-state index in [1.165, 1.54) is 0 Å². The number of nitrogens with zero attached hydrogens (tertiary/aromatic N) is 2. The molecule has 2 aromatic rings. The number of hydrogen-bond acceptors (Lipinski definition) is 3. The first-order chi connectivity index (χ1) is 8.21. The van der Waals surface area contributed by atoms with E-state index in [-0.39, 0.29) is 6.42 Å². The lowest BCUT2D eigenvalue weighted by molar-refractivity contribution is -0.140. The molecule has 0 spiro atoms. The van der Waals surface area contributed by atoms with Gasteiger partial charge in [-0.2, -0.15) is 5.10 Å². The number of aliphatic carboxylic acids is 1. The molecular formula is C12H13N3O2. The predicted molar refractivity (Wildman–Crippen MR) is 62.8 cm³/mol. The number of carbonyl (C=O) groups is 1. The molecule has 88 valence electrons. The quantitative estimate of drug-likeness (QED) is 0.820. The van der Waals surface area contributed by atoms with E-state index >= 15 is 0 Å². The Morgan fingerprint density at radius 3 is 2.88 bits per heavy atom. The van der Waals surface area contributed by atoms with Gasteiger partial charge in [-0.15, -0.1) is 0 Å². The van der Waals surface area contributed by atoms with Gasteiger partial charge in [-0.05, 0) is 6.07 Å². The first-order valence-electron chi connectivity index (χ1n) is 5.57. The summed E-state index contributed by atoms with van der Waals surface area (Å²) in [5.41, 5.74) is 0.588. The topological polar surface area (TPSA) is 67.1 Å². The molecule has 1 fully saturated rings. The minimum Gasteiger partial charge on any atom is -0.481 e. The Hall–Kier alpha value is -1.88. The van der Waals surface area contributed by atoms with Gasteiger partial charge in [-0.1, -0.05) is 18.2 Å². The molecule has 1 aliphatic heterocycles. The van der Waals surface area contributed by atoms with Crippen molar-refractivity contribution >= 4 is 16.9 Å². The van der Waals surface area contributed by atoms with E-state index in [0.717, 1.165) is 10.9 Å². The maximum atomic E-state index is 11.0. The van der Waals surface area contributed by atoms with Crippen molar-refractivity contribution < 1.29 is 9.90 Å². The summed E-state index contributed by atoms with van der Waals surface area (Å²) in [6.07, 6.45) is 1.89. The summed E-state index contributed by atoms with van der Waals surface area (Å²) < 4.78 is 1.85. The normalized spacial score (nSPS) is 17.9. The number of carboxylic acids is 1. The first-order valence-corrected chi connectivity index (χ1v) is 5.57. The fraction of sp³-hybridized carbons (Fsp3) is 0.333. The molecule has 0 unspecified atom stereocenters. The van der Waals surface area contributed by atoms with Crippen LogP contribution in [0.5, 0.6) is 0 Å². The van der Waals surface area contributed by atoms with Crippen LogP contribution in [0.2, 0.25) is 0 Å². The largest absolute Gasteiger partial charge is 0.481 e. The number of rotatable bonds is 3. The highest BCUT2D eigenvalue weighted by atomic mass is 16.4. The average molecular weight is 231 g/mol. The van der Waals surface area contributed by atoms with Crippen LogP contribution >= 0.6 is 0 Å². The fourth-order valence-electron chi connectivity index (χ4n) is 2.39. The monoisotopic (exact) mass is 231 g/mol. The Kier molecular flexibility index (Phi) is 2.16. The lowest BCUT2D eigenvalue weighted by Crippen LogP contribution is -2.61. The van der Waals surface area contributed by atoms with E-state index in [2.05, 4.69) is 10.4 Å². The zero-order valence-corrected chi connectivity index (χ0v) is 9.26. The molecule has 0 atom stereocenters. The van der Waals surface area contributed by atoms with Crippen LogP contribution in [0.3, 0.4) is 0 Å². The average Bonchev–Trinajstić information content (AvgIpc) is 2.67. The smallest absolute Gasteiger partial charge is 0.305 e. The third-order valence-electron chi connectivity index (χ3n) is 3.31. The number of para-hydroxylation sites is 1. The van der Waals surface area contributed by atoms with Crippen molar-refractivity contribution in [1.29, 1.82) is 0 Å². The van der Waals surface area contributed by atoms with Crippen molar-refractivity contribution in [2.45, 2.75) is 12.0 Å². The van der Waals surface area contributed by atoms with Gasteiger partial charge in [0.05, 0.1) is 23.7 Å². The second kappa shape index (κ2) is 3.56. The number of hydrogen-bond donors (Lipinski definition) is 2. The Morgan fingerprint density at radius 1 is 1.47 bits per heavy atom. The molecule has 0 aliphatic carbocycles. The number of fused-ring (bicyclic) bond motifs is 1. The summed E-state index contributed by atoms with van der Waals surface area (Å²) in [7, 11) is 0. The number of benzene rings is 1. The van der Waals surface area contributed by atoms with E-state index in [0.29, 0.717) is 13.1 Å². The van der Waals surface area contributed by atoms with Crippen LogP contribution in [0.1, 0.15) is 6.42 Å². The first kappa shape index (κ1) is 10.3. The van der Waals surface area contributed by atoms with Crippen LogP contribution in [-0.2, 0) is 10.3 Å². The third-order valence-corrected chi connectivity index (χ3v) is 3.31. The molecule has 1 saturated heterocycles. The molecule has 0 radical (unpaired) electrons. The molecule has 1 aromatic heterocycles. The highest BCUT2D eigenvalue weighted by Crippen LogP contribution is 2.29. The minimum absolute atomic E-state index is 0.103. The lowest BCUT2D eigenvalue weighted by atomic mass is 9.88. The molecule has 5 heteroatoms. The van der Waals surface area contributed by atoms with Crippen molar-refractivity contribution in [2.75, 3.05) is 13.1 Å². The van der Waals surface area contributed by atoms with E-state index in [1.807, 2.05) is 28.9 Å². The van der Waals surface area contributed by atoms with Gasteiger partial charge in [-0.25, -0.2) is 0 Å². The van der Waals surface area contributed by atoms with Crippen LogP contribution in [0.4, 0.5) is 0 Å². The summed E-state index contributed by atoms with van der Waals surface area (Å²) in [6.45, 7) is 1.32. The van der Waals surface area contributed by atoms with Crippen molar-refractivity contribution in [3.63, 3.8) is 0 Å². The Bertz CT molecular complexity index is 572. The number of aromatic nitrogens is 2. The van der Waals surface area contributed by atoms with Crippen molar-refractivity contribution in [3.8, 4) is 0 Å². The molecular weight excluding hydrogens is 218 g/mol. The summed E-state index contributed by atoms with van der Waals surface area (Å²) in [5.74, 6) is -0.786. The summed E-state index contributed by atoms with van der Waals surface area (Å²) in [6, 6.07) is 7.86. The second-order valence-electron chi connectivity index (χ2n) is 4.51. The molecule has 2 N–H and O–H groups in total. The number of carboxylic acid groups (broad SMARTS) is 1. The van der Waals surface area contributed by atoms with E-state index in [4.69, 9.17) is 5.11 Å². The fourth-order valence-corrected chi connectivity index (χ4v) is 2.39. The highest BCUT2D eigenvalue weighted by molar-refractivity contribution is 5.79. The second-order valence-corrected chi connectivity index (χ2v) is 4.51. The van der Waals surface area contributed by atoms with Gasteiger partial charge >= 0.3 is 5.97 Å². The summed E-state index contributed by atoms with van der Waals surface area (Å²) in [4.78, 5) is 11.0. The highest BCUT2D eigenvalue weighted by Gasteiger charge is 2.42. The van der Waals surface area contributed by atoms with Gasteiger partial charge in [0.25, 0.3) is 0 Å². The summed E-state index contributed by atoms with van der Waals surface area (Å²) in [5, 5.41) is 17.6. The van der Waals surface area contributed by atoms with Gasteiger partial charge in [0.15, 0.2) is 0 Å². The van der Waals surface area contributed by atoms with Gasteiger partial charge in [0, 0.05) is 18.5 Å². The third kappa shape index (κ3) is 1.51. The van der Waals surface area contributed by atoms with Crippen LogP contribution in [-0.4, -0.2) is 33.9 Å². The molecule has 3 rings (SSSR count). The Balaban J connectivity index is 2.10. The van der Waals surface area contributed by atoms with Crippen LogP contribution in [0.25, 0.3) is 10.9 Å². The minimum atomic E-state index is -0.786. The van der Waals surface area contributed by atoms with Crippen LogP contribution < -0.4 is 5.32 Å². The predicted octanol–water partition coefficient (Wildman–Crippen LogP) is 0.809. The van der Waals surface area contributed by atoms with Gasteiger partial charge in [0.1, 0.15) is 0 Å². The van der Waals surface area contributed by atoms with E-state index in [9.17, 15) is 4.79 Å². The van der Waals surface area contributed by atoms with Gasteiger partial charge < -0.3 is 10.4 Å². The standard InChI is InChI=1S/C12H13N3O2/c16-11(17)5-12(7-13-8-12)15-10-4-2-1-3-9(10)6-14-15/h1-4,6,13H,5,7-8H2,(H,16,17). The van der Waals surface area contributed by atoms with Crippen molar-refractivity contribution in [2.24, 2.45) is 0 Å². The van der Waals surface area contributed by atoms with Crippen LogP contribution in [0.15, 0.2) is 30.5 Å². The van der Waals surface area contributed by atoms with Crippen molar-refractivity contribution in [1.82, 2.24) is 15.1 Å². The maximum Gasteiger partial charge on any atom is 0.305 e. The Labute approximate surface area is 98.0 Å². The Morgan fingerprint density at radius 2 is 2.24 bits per heavy atom. The molecule has 17 heavy (non-hydrogen) atoms. The van der Waals surface area contributed by atoms with Gasteiger partial charge in [0.2, 0.25) is 0 Å². The number of nitrogens with one attached hydrogen (secondary N) is 1. The zero-order valence-electron chi connectivity index (χ0n) is 9.26. The SMILES string of the molecule is O=C(O)CC1(n2ncc3ccccc32)CNC1. The zero-order chi connectivity index (χ0) is 11.9. The van der Waals surface area contributed by atoms with Crippen LogP contribution in [0, 0.1) is 0 Å². The van der Waals surface area contributed by atoms with Crippen molar-refractivity contribution in [3.05, 3.63) is 30.5 Å². The molecule has 0 saturated carbocycles. The maximum absolute atomic E-state index is 11.0. The molecule has 2 heterocycles. The molecule has 5 nitrogen and oxygen atoms in total. The molecule has 0 bridgehead atoms. The lowest BCUT2D eigenvalue weighted by Gasteiger charge is -2.42. The molecule has 1 aliphatic rings.